The second-order valence-electron chi connectivity index (χ2n) is 12.0. The Bertz CT molecular complexity index is 1070. The lowest BCUT2D eigenvalue weighted by molar-refractivity contribution is -0.141. The molecule has 0 aromatic carbocycles. The fourth-order valence-corrected chi connectivity index (χ4v) is 8.08. The highest BCUT2D eigenvalue weighted by Gasteiger charge is 2.63. The second-order valence-corrected chi connectivity index (χ2v) is 12.0. The second kappa shape index (κ2) is 8.94. The smallest absolute Gasteiger partial charge is 0.339 e. The molecular weight excluding hydrogens is 436 g/mol. The van der Waals surface area contributed by atoms with E-state index >= 15 is 0 Å². The molecule has 0 radical (unpaired) electrons. The average Bonchev–Trinajstić information content (AvgIpc) is 3.44. The molecule has 1 heterocycles. The van der Waals surface area contributed by atoms with Crippen LogP contribution in [0.15, 0.2) is 58.9 Å². The molecule has 35 heavy (non-hydrogen) atoms. The van der Waals surface area contributed by atoms with E-state index in [-0.39, 0.29) is 34.1 Å². The van der Waals surface area contributed by atoms with Crippen LogP contribution in [-0.4, -0.2) is 19.0 Å². The first-order valence-corrected chi connectivity index (χ1v) is 13.1. The van der Waals surface area contributed by atoms with Crippen molar-refractivity contribution in [2.45, 2.75) is 80.1 Å². The first-order valence-electron chi connectivity index (χ1n) is 13.1. The van der Waals surface area contributed by atoms with Gasteiger partial charge in [-0.15, -0.1) is 0 Å². The number of hydrogen-bond acceptors (Lipinski definition) is 4. The standard InChI is InChI=1S/C31H42O4/c1-19(2)24-9-10-26-25(29(24,6)14-13-27(32)34-8)12-16-31(26)21(4)11-15-30(31,7)22(5)18-23-17-20(3)28(33)35-23/h10-11,17-18,22,24-25H,1,9,12-16H2,2-8H3/b23-18-/t22-,24+,25+,29+,30+,31+/m1/s1. The Morgan fingerprint density at radius 3 is 2.63 bits per heavy atom. The van der Waals surface area contributed by atoms with Crippen molar-refractivity contribution in [1.29, 1.82) is 0 Å². The number of ether oxygens (including phenoxy) is 2. The van der Waals surface area contributed by atoms with Crippen molar-refractivity contribution < 1.29 is 19.1 Å². The molecule has 0 N–H and O–H groups in total. The van der Waals surface area contributed by atoms with Crippen molar-refractivity contribution in [1.82, 2.24) is 0 Å². The highest BCUT2D eigenvalue weighted by Crippen LogP contribution is 2.72. The summed E-state index contributed by atoms with van der Waals surface area (Å²) in [4.78, 5) is 24.1. The lowest BCUT2D eigenvalue weighted by atomic mass is 9.51. The molecule has 0 unspecified atom stereocenters. The van der Waals surface area contributed by atoms with Crippen LogP contribution < -0.4 is 0 Å². The zero-order valence-electron chi connectivity index (χ0n) is 22.6. The van der Waals surface area contributed by atoms with Crippen LogP contribution in [0, 0.1) is 34.0 Å². The van der Waals surface area contributed by atoms with Crippen molar-refractivity contribution in [3.05, 3.63) is 58.9 Å². The fourth-order valence-electron chi connectivity index (χ4n) is 8.08. The molecular formula is C31H42O4. The Labute approximate surface area is 211 Å². The van der Waals surface area contributed by atoms with Gasteiger partial charge >= 0.3 is 11.9 Å². The topological polar surface area (TPSA) is 52.6 Å². The number of methoxy groups -OCH3 is 1. The van der Waals surface area contributed by atoms with Crippen LogP contribution in [0.4, 0.5) is 0 Å². The molecule has 0 aromatic heterocycles. The molecule has 1 saturated carbocycles. The minimum atomic E-state index is -0.243. The maximum absolute atomic E-state index is 12.2. The zero-order valence-corrected chi connectivity index (χ0v) is 22.6. The van der Waals surface area contributed by atoms with Crippen LogP contribution in [0.25, 0.3) is 0 Å². The number of rotatable bonds is 6. The minimum absolute atomic E-state index is 0.0118. The van der Waals surface area contributed by atoms with Gasteiger partial charge in [0.1, 0.15) is 5.76 Å². The van der Waals surface area contributed by atoms with E-state index < -0.39 is 0 Å². The SMILES string of the molecule is C=C(C)[C@@H]1CC=C2[C@H](CC[C@]23C(C)=CC[C@@]3(C)[C@H](C)/C=C2/C=C(C)C(=O)O2)[C@@]1(C)CCC(=O)OC. The Morgan fingerprint density at radius 2 is 2.03 bits per heavy atom. The van der Waals surface area contributed by atoms with E-state index in [0.29, 0.717) is 29.6 Å². The largest absolute Gasteiger partial charge is 0.469 e. The van der Waals surface area contributed by atoms with Crippen LogP contribution >= 0.6 is 0 Å². The third-order valence-electron chi connectivity index (χ3n) is 10.3. The summed E-state index contributed by atoms with van der Waals surface area (Å²) in [5.41, 5.74) is 4.85. The van der Waals surface area contributed by atoms with Gasteiger partial charge in [-0.1, -0.05) is 56.2 Å². The highest BCUT2D eigenvalue weighted by atomic mass is 16.5. The fraction of sp³-hybridized carbons (Fsp3) is 0.613. The average molecular weight is 479 g/mol. The van der Waals surface area contributed by atoms with E-state index in [1.54, 1.807) is 12.5 Å². The third-order valence-corrected chi connectivity index (χ3v) is 10.3. The van der Waals surface area contributed by atoms with E-state index in [9.17, 15) is 9.59 Å². The van der Waals surface area contributed by atoms with Crippen molar-refractivity contribution in [3.8, 4) is 0 Å². The van der Waals surface area contributed by atoms with E-state index in [0.717, 1.165) is 32.1 Å². The van der Waals surface area contributed by atoms with Crippen molar-refractivity contribution in [2.24, 2.45) is 34.0 Å². The molecule has 4 heteroatoms. The minimum Gasteiger partial charge on any atom is -0.469 e. The molecule has 6 atom stereocenters. The normalized spacial score (nSPS) is 38.1. The van der Waals surface area contributed by atoms with Crippen LogP contribution in [0.1, 0.15) is 80.1 Å². The van der Waals surface area contributed by atoms with Gasteiger partial charge in [-0.25, -0.2) is 4.79 Å². The molecule has 0 bridgehead atoms. The molecule has 190 valence electrons. The summed E-state index contributed by atoms with van der Waals surface area (Å²) < 4.78 is 10.5. The molecule has 1 aliphatic heterocycles. The molecule has 1 fully saturated rings. The number of hydrogen-bond donors (Lipinski definition) is 0. The third kappa shape index (κ3) is 3.79. The predicted octanol–water partition coefficient (Wildman–Crippen LogP) is 7.24. The quantitative estimate of drug-likeness (QED) is 0.298. The number of carbonyl (C=O) groups is 2. The van der Waals surface area contributed by atoms with Crippen molar-refractivity contribution >= 4 is 11.9 Å². The lowest BCUT2D eigenvalue weighted by Gasteiger charge is -2.53. The van der Waals surface area contributed by atoms with Gasteiger partial charge in [0.15, 0.2) is 0 Å². The monoisotopic (exact) mass is 478 g/mol. The summed E-state index contributed by atoms with van der Waals surface area (Å²) in [6, 6.07) is 0. The molecule has 0 aromatic rings. The maximum Gasteiger partial charge on any atom is 0.339 e. The molecule has 4 aliphatic rings. The van der Waals surface area contributed by atoms with Gasteiger partial charge in [-0.3, -0.25) is 4.79 Å². The van der Waals surface area contributed by atoms with Crippen molar-refractivity contribution in [3.63, 3.8) is 0 Å². The summed E-state index contributed by atoms with van der Waals surface area (Å²) in [7, 11) is 1.48. The molecule has 1 spiro atoms. The predicted molar refractivity (Wildman–Crippen MR) is 139 cm³/mol. The van der Waals surface area contributed by atoms with Crippen LogP contribution in [0.5, 0.6) is 0 Å². The van der Waals surface area contributed by atoms with Gasteiger partial charge in [0.2, 0.25) is 0 Å². The summed E-state index contributed by atoms with van der Waals surface area (Å²) in [6.45, 7) is 17.7. The van der Waals surface area contributed by atoms with Gasteiger partial charge in [0, 0.05) is 17.4 Å². The van der Waals surface area contributed by atoms with Gasteiger partial charge in [-0.05, 0) is 93.6 Å². The van der Waals surface area contributed by atoms with Crippen LogP contribution in [0.2, 0.25) is 0 Å². The Kier molecular flexibility index (Phi) is 6.57. The van der Waals surface area contributed by atoms with Crippen LogP contribution in [-0.2, 0) is 19.1 Å². The molecule has 0 amide bonds. The highest BCUT2D eigenvalue weighted by molar-refractivity contribution is 5.92. The summed E-state index contributed by atoms with van der Waals surface area (Å²) >= 11 is 0. The van der Waals surface area contributed by atoms with Gasteiger partial charge in [-0.2, -0.15) is 0 Å². The molecule has 4 rings (SSSR count). The van der Waals surface area contributed by atoms with E-state index in [1.165, 1.54) is 18.3 Å². The summed E-state index contributed by atoms with van der Waals surface area (Å²) in [5.74, 6) is 1.30. The Hall–Kier alpha value is -2.36. The van der Waals surface area contributed by atoms with Crippen LogP contribution in [0.3, 0.4) is 0 Å². The Morgan fingerprint density at radius 1 is 1.31 bits per heavy atom. The van der Waals surface area contributed by atoms with Gasteiger partial charge < -0.3 is 9.47 Å². The number of allylic oxidation sites excluding steroid dienone is 7. The number of esters is 2. The molecule has 0 saturated heterocycles. The molecule has 3 aliphatic carbocycles. The summed E-state index contributed by atoms with van der Waals surface area (Å²) in [6.07, 6.45) is 14.5. The summed E-state index contributed by atoms with van der Waals surface area (Å²) in [5, 5.41) is 0. The Balaban J connectivity index is 1.74. The number of carbonyl (C=O) groups excluding carboxylic acids is 2. The van der Waals surface area contributed by atoms with Crippen molar-refractivity contribution in [2.75, 3.05) is 7.11 Å². The molecule has 4 nitrogen and oxygen atoms in total. The number of fused-ring (bicyclic) bond motifs is 2. The first-order chi connectivity index (χ1) is 16.4. The maximum atomic E-state index is 12.2. The lowest BCUT2D eigenvalue weighted by Crippen LogP contribution is -2.45. The number of cyclic esters (lactones) is 1. The van der Waals surface area contributed by atoms with Gasteiger partial charge in [0.25, 0.3) is 0 Å². The van der Waals surface area contributed by atoms with E-state index in [1.807, 2.05) is 6.08 Å². The first kappa shape index (κ1) is 25.7. The zero-order chi connectivity index (χ0) is 25.8. The van der Waals surface area contributed by atoms with E-state index in [2.05, 4.69) is 59.4 Å². The van der Waals surface area contributed by atoms with Gasteiger partial charge in [0.05, 0.1) is 7.11 Å². The van der Waals surface area contributed by atoms with E-state index in [4.69, 9.17) is 9.47 Å².